The summed E-state index contributed by atoms with van der Waals surface area (Å²) in [4.78, 5) is 37.5. The van der Waals surface area contributed by atoms with Crippen molar-refractivity contribution in [2.75, 3.05) is 13.2 Å². The second-order valence-electron chi connectivity index (χ2n) is 6.52. The van der Waals surface area contributed by atoms with Crippen LogP contribution in [-0.2, 0) is 14.3 Å². The number of rotatable bonds is 5. The summed E-state index contributed by atoms with van der Waals surface area (Å²) in [6, 6.07) is 16.2. The highest BCUT2D eigenvalue weighted by atomic mass is 16.5. The molecule has 0 aliphatic carbocycles. The fourth-order valence-electron chi connectivity index (χ4n) is 3.25. The third-order valence-electron chi connectivity index (χ3n) is 4.71. The number of primary amides is 1. The third-order valence-corrected chi connectivity index (χ3v) is 4.71. The first-order valence-electron chi connectivity index (χ1n) is 8.97. The Bertz CT molecular complexity index is 818. The van der Waals surface area contributed by atoms with E-state index in [0.29, 0.717) is 18.5 Å². The Labute approximate surface area is 157 Å². The van der Waals surface area contributed by atoms with E-state index in [1.54, 1.807) is 12.1 Å². The minimum absolute atomic E-state index is 0.368. The first-order chi connectivity index (χ1) is 13.1. The highest BCUT2D eigenvalue weighted by Gasteiger charge is 2.31. The number of nitrogens with two attached hydrogens (primary N) is 1. The van der Waals surface area contributed by atoms with E-state index in [1.807, 2.05) is 42.5 Å². The van der Waals surface area contributed by atoms with Gasteiger partial charge in [0.25, 0.3) is 5.91 Å². The summed E-state index contributed by atoms with van der Waals surface area (Å²) in [6.45, 7) is 0.0544. The zero-order chi connectivity index (χ0) is 19.2. The van der Waals surface area contributed by atoms with Crippen molar-refractivity contribution in [3.05, 3.63) is 60.2 Å². The molecule has 0 saturated carbocycles. The molecule has 2 aromatic rings. The van der Waals surface area contributed by atoms with Crippen LogP contribution in [-0.4, -0.2) is 41.9 Å². The average molecular weight is 366 g/mol. The molecule has 2 amide bonds. The van der Waals surface area contributed by atoms with Gasteiger partial charge in [0.2, 0.25) is 5.91 Å². The molecule has 6 heteroatoms. The van der Waals surface area contributed by atoms with Crippen molar-refractivity contribution in [2.24, 2.45) is 5.73 Å². The molecule has 3 rings (SSSR count). The molecule has 0 radical (unpaired) electrons. The summed E-state index contributed by atoms with van der Waals surface area (Å²) in [5.74, 6) is -1.49. The lowest BCUT2D eigenvalue weighted by Gasteiger charge is -2.33. The van der Waals surface area contributed by atoms with Gasteiger partial charge in [-0.25, -0.2) is 4.79 Å². The number of carbonyl (C=O) groups is 3. The lowest BCUT2D eigenvalue weighted by atomic mass is 10.0. The smallest absolute Gasteiger partial charge is 0.338 e. The minimum Gasteiger partial charge on any atom is -0.452 e. The third kappa shape index (κ3) is 4.53. The Hall–Kier alpha value is -3.15. The Morgan fingerprint density at radius 1 is 0.963 bits per heavy atom. The van der Waals surface area contributed by atoms with E-state index in [4.69, 9.17) is 10.5 Å². The number of carbonyl (C=O) groups excluding carboxylic acids is 3. The summed E-state index contributed by atoms with van der Waals surface area (Å²) in [7, 11) is 0. The molecule has 1 aliphatic heterocycles. The quantitative estimate of drug-likeness (QED) is 0.823. The molecule has 0 aromatic heterocycles. The maximum atomic E-state index is 12.3. The SMILES string of the molecule is NC(=O)[C@H]1CCCCN1C(=O)COC(=O)c1ccc(-c2ccccc2)cc1. The fourth-order valence-corrected chi connectivity index (χ4v) is 3.25. The molecule has 0 spiro atoms. The topological polar surface area (TPSA) is 89.7 Å². The molecule has 1 atom stereocenters. The Kier molecular flexibility index (Phi) is 5.86. The van der Waals surface area contributed by atoms with Crippen LogP contribution in [0.4, 0.5) is 0 Å². The van der Waals surface area contributed by atoms with Crippen molar-refractivity contribution in [2.45, 2.75) is 25.3 Å². The monoisotopic (exact) mass is 366 g/mol. The summed E-state index contributed by atoms with van der Waals surface area (Å²) in [5.41, 5.74) is 7.77. The summed E-state index contributed by atoms with van der Waals surface area (Å²) in [5, 5.41) is 0. The van der Waals surface area contributed by atoms with Crippen LogP contribution in [0.3, 0.4) is 0 Å². The highest BCUT2D eigenvalue weighted by molar-refractivity contribution is 5.93. The number of nitrogens with zero attached hydrogens (tertiary/aromatic N) is 1. The number of likely N-dealkylation sites (tertiary alicyclic amines) is 1. The molecule has 6 nitrogen and oxygen atoms in total. The van der Waals surface area contributed by atoms with Crippen molar-refractivity contribution in [3.63, 3.8) is 0 Å². The van der Waals surface area contributed by atoms with Gasteiger partial charge < -0.3 is 15.4 Å². The maximum absolute atomic E-state index is 12.3. The van der Waals surface area contributed by atoms with Gasteiger partial charge >= 0.3 is 5.97 Å². The largest absolute Gasteiger partial charge is 0.452 e. The Morgan fingerprint density at radius 2 is 1.63 bits per heavy atom. The van der Waals surface area contributed by atoms with Crippen molar-refractivity contribution < 1.29 is 19.1 Å². The average Bonchev–Trinajstić information content (AvgIpc) is 2.72. The van der Waals surface area contributed by atoms with Crippen LogP contribution in [0, 0.1) is 0 Å². The standard InChI is InChI=1S/C21H22N2O4/c22-20(25)18-8-4-5-13-23(18)19(24)14-27-21(26)17-11-9-16(10-12-17)15-6-2-1-3-7-15/h1-3,6-7,9-12,18H,4-5,8,13-14H2,(H2,22,25)/t18-/m1/s1. The van der Waals surface area contributed by atoms with Gasteiger partial charge in [0.05, 0.1) is 5.56 Å². The molecule has 1 saturated heterocycles. The van der Waals surface area contributed by atoms with Gasteiger partial charge in [-0.05, 0) is 42.5 Å². The van der Waals surface area contributed by atoms with Crippen LogP contribution in [0.2, 0.25) is 0 Å². The van der Waals surface area contributed by atoms with E-state index in [-0.39, 0.29) is 0 Å². The molecule has 0 bridgehead atoms. The predicted octanol–water partition coefficient (Wildman–Crippen LogP) is 2.38. The van der Waals surface area contributed by atoms with E-state index in [1.165, 1.54) is 4.90 Å². The van der Waals surface area contributed by atoms with Crippen LogP contribution in [0.15, 0.2) is 54.6 Å². The predicted molar refractivity (Wildman–Crippen MR) is 101 cm³/mol. The van der Waals surface area contributed by atoms with Gasteiger partial charge in [-0.1, -0.05) is 42.5 Å². The number of amides is 2. The molecule has 1 fully saturated rings. The van der Waals surface area contributed by atoms with Crippen LogP contribution < -0.4 is 5.73 Å². The van der Waals surface area contributed by atoms with Gasteiger partial charge in [0, 0.05) is 6.54 Å². The number of piperidine rings is 1. The van der Waals surface area contributed by atoms with Gasteiger partial charge in [0.15, 0.2) is 6.61 Å². The minimum atomic E-state index is -0.616. The van der Waals surface area contributed by atoms with Gasteiger partial charge in [0.1, 0.15) is 6.04 Å². The van der Waals surface area contributed by atoms with Crippen molar-refractivity contribution in [3.8, 4) is 11.1 Å². The Morgan fingerprint density at radius 3 is 2.30 bits per heavy atom. The summed E-state index contributed by atoms with van der Waals surface area (Å²) in [6.07, 6.45) is 2.21. The molecule has 1 aliphatic rings. The van der Waals surface area contributed by atoms with Gasteiger partial charge in [-0.2, -0.15) is 0 Å². The van der Waals surface area contributed by atoms with E-state index in [9.17, 15) is 14.4 Å². The zero-order valence-corrected chi connectivity index (χ0v) is 15.0. The molecule has 2 N–H and O–H groups in total. The number of hydrogen-bond donors (Lipinski definition) is 1. The number of hydrogen-bond acceptors (Lipinski definition) is 4. The normalized spacial score (nSPS) is 16.6. The zero-order valence-electron chi connectivity index (χ0n) is 15.0. The Balaban J connectivity index is 1.59. The molecule has 140 valence electrons. The second kappa shape index (κ2) is 8.49. The fraction of sp³-hybridized carbons (Fsp3) is 0.286. The van der Waals surface area contributed by atoms with Crippen LogP contribution in [0.5, 0.6) is 0 Å². The summed E-state index contributed by atoms with van der Waals surface area (Å²) >= 11 is 0. The molecule has 2 aromatic carbocycles. The van der Waals surface area contributed by atoms with Crippen LogP contribution >= 0.6 is 0 Å². The van der Waals surface area contributed by atoms with Crippen LogP contribution in [0.25, 0.3) is 11.1 Å². The highest BCUT2D eigenvalue weighted by Crippen LogP contribution is 2.20. The number of esters is 1. The van der Waals surface area contributed by atoms with E-state index in [2.05, 4.69) is 0 Å². The van der Waals surface area contributed by atoms with E-state index in [0.717, 1.165) is 24.0 Å². The maximum Gasteiger partial charge on any atom is 0.338 e. The van der Waals surface area contributed by atoms with E-state index >= 15 is 0 Å². The lowest BCUT2D eigenvalue weighted by Crippen LogP contribution is -2.51. The second-order valence-corrected chi connectivity index (χ2v) is 6.52. The first kappa shape index (κ1) is 18.6. The summed E-state index contributed by atoms with van der Waals surface area (Å²) < 4.78 is 5.13. The molecule has 0 unspecified atom stereocenters. The van der Waals surface area contributed by atoms with Gasteiger partial charge in [-0.3, -0.25) is 9.59 Å². The first-order valence-corrected chi connectivity index (χ1v) is 8.97. The van der Waals surface area contributed by atoms with Gasteiger partial charge in [-0.15, -0.1) is 0 Å². The lowest BCUT2D eigenvalue weighted by molar-refractivity contribution is -0.143. The molecular weight excluding hydrogens is 344 g/mol. The number of ether oxygens (including phenoxy) is 1. The van der Waals surface area contributed by atoms with Crippen molar-refractivity contribution >= 4 is 17.8 Å². The molecular formula is C21H22N2O4. The van der Waals surface area contributed by atoms with Crippen molar-refractivity contribution in [1.82, 2.24) is 4.90 Å². The van der Waals surface area contributed by atoms with E-state index < -0.39 is 30.4 Å². The number of benzene rings is 2. The molecule has 27 heavy (non-hydrogen) atoms. The van der Waals surface area contributed by atoms with Crippen molar-refractivity contribution in [1.29, 1.82) is 0 Å². The molecule has 1 heterocycles. The van der Waals surface area contributed by atoms with Crippen LogP contribution in [0.1, 0.15) is 29.6 Å².